The lowest BCUT2D eigenvalue weighted by Crippen LogP contribution is -2.49. The predicted molar refractivity (Wildman–Crippen MR) is 114 cm³/mol. The molecular weight excluding hydrogens is 398 g/mol. The molecule has 2 aromatic rings. The minimum absolute atomic E-state index is 0.0481. The molecule has 9 heteroatoms. The number of likely N-dealkylation sites (tertiary alicyclic amines) is 2. The lowest BCUT2D eigenvalue weighted by Gasteiger charge is -2.34. The molecule has 1 aromatic carbocycles. The van der Waals surface area contributed by atoms with Gasteiger partial charge in [-0.05, 0) is 38.7 Å². The van der Waals surface area contributed by atoms with Crippen molar-refractivity contribution < 1.29 is 19.1 Å². The Hall–Kier alpha value is -3.10. The first-order valence-corrected chi connectivity index (χ1v) is 11.0. The standard InChI is InChI=1S/C22H29N5O4/c1-2-31-22(30)27-13-9-16(10-14-27)23-20(28)15-7-11-26(12-8-15)21(29)19-17-5-3-4-6-18(17)24-25-19/h3-6,15-16H,2,7-14H2,1H3,(H,23,28)(H,24,25). The number of carbonyl (C=O) groups is 3. The van der Waals surface area contributed by atoms with E-state index in [4.69, 9.17) is 4.74 Å². The molecule has 0 unspecified atom stereocenters. The molecule has 0 aliphatic carbocycles. The second-order valence-electron chi connectivity index (χ2n) is 8.15. The van der Waals surface area contributed by atoms with Crippen LogP contribution in [0.25, 0.3) is 10.9 Å². The van der Waals surface area contributed by atoms with Crippen molar-refractivity contribution in [2.75, 3.05) is 32.8 Å². The van der Waals surface area contributed by atoms with Crippen LogP contribution in [0.2, 0.25) is 0 Å². The number of hydrogen-bond donors (Lipinski definition) is 2. The maximum Gasteiger partial charge on any atom is 0.409 e. The van der Waals surface area contributed by atoms with Crippen LogP contribution in [0.15, 0.2) is 24.3 Å². The summed E-state index contributed by atoms with van der Waals surface area (Å²) in [6.07, 6.45) is 2.46. The number of amides is 3. The topological polar surface area (TPSA) is 108 Å². The van der Waals surface area contributed by atoms with Crippen molar-refractivity contribution in [1.82, 2.24) is 25.3 Å². The first kappa shape index (κ1) is 21.1. The minimum atomic E-state index is -0.283. The quantitative estimate of drug-likeness (QED) is 0.777. The molecule has 31 heavy (non-hydrogen) atoms. The largest absolute Gasteiger partial charge is 0.450 e. The van der Waals surface area contributed by atoms with E-state index < -0.39 is 0 Å². The number of ether oxygens (including phenoxy) is 1. The van der Waals surface area contributed by atoms with Crippen molar-refractivity contribution in [3.05, 3.63) is 30.0 Å². The van der Waals surface area contributed by atoms with Crippen molar-refractivity contribution in [3.63, 3.8) is 0 Å². The normalized spacial score (nSPS) is 18.2. The molecule has 166 valence electrons. The molecule has 4 rings (SSSR count). The average Bonchev–Trinajstić information content (AvgIpc) is 3.23. The zero-order valence-corrected chi connectivity index (χ0v) is 17.8. The fourth-order valence-electron chi connectivity index (χ4n) is 4.36. The van der Waals surface area contributed by atoms with Crippen molar-refractivity contribution in [3.8, 4) is 0 Å². The lowest BCUT2D eigenvalue weighted by atomic mass is 9.94. The van der Waals surface area contributed by atoms with Crippen LogP contribution in [0.5, 0.6) is 0 Å². The van der Waals surface area contributed by atoms with Gasteiger partial charge in [-0.25, -0.2) is 4.79 Å². The Morgan fingerprint density at radius 2 is 1.74 bits per heavy atom. The van der Waals surface area contributed by atoms with Crippen molar-refractivity contribution in [2.24, 2.45) is 5.92 Å². The van der Waals surface area contributed by atoms with E-state index in [-0.39, 0.29) is 29.9 Å². The summed E-state index contributed by atoms with van der Waals surface area (Å²) in [4.78, 5) is 40.9. The Kier molecular flexibility index (Phi) is 6.39. The molecule has 2 N–H and O–H groups in total. The number of aromatic nitrogens is 2. The summed E-state index contributed by atoms with van der Waals surface area (Å²) in [5, 5.41) is 11.1. The van der Waals surface area contributed by atoms with Crippen molar-refractivity contribution in [2.45, 2.75) is 38.6 Å². The number of H-pyrrole nitrogens is 1. The molecule has 1 aromatic heterocycles. The van der Waals surface area contributed by atoms with Crippen LogP contribution in [-0.2, 0) is 9.53 Å². The van der Waals surface area contributed by atoms with Crippen LogP contribution in [-0.4, -0.2) is 76.7 Å². The van der Waals surface area contributed by atoms with Crippen LogP contribution in [0.3, 0.4) is 0 Å². The third-order valence-corrected chi connectivity index (χ3v) is 6.19. The maximum absolute atomic E-state index is 12.9. The molecule has 0 bridgehead atoms. The van der Waals surface area contributed by atoms with Gasteiger partial charge < -0.3 is 19.9 Å². The molecule has 3 amide bonds. The number of piperidine rings is 2. The lowest BCUT2D eigenvalue weighted by molar-refractivity contribution is -0.127. The van der Waals surface area contributed by atoms with Crippen LogP contribution < -0.4 is 5.32 Å². The molecule has 2 aliphatic heterocycles. The van der Waals surface area contributed by atoms with Gasteiger partial charge in [-0.3, -0.25) is 14.7 Å². The zero-order chi connectivity index (χ0) is 21.8. The number of hydrogen-bond acceptors (Lipinski definition) is 5. The predicted octanol–water partition coefficient (Wildman–Crippen LogP) is 2.15. The van der Waals surface area contributed by atoms with Gasteiger partial charge >= 0.3 is 6.09 Å². The Labute approximate surface area is 181 Å². The SMILES string of the molecule is CCOC(=O)N1CCC(NC(=O)C2CCN(C(=O)c3n[nH]c4ccccc34)CC2)CC1. The zero-order valence-electron chi connectivity index (χ0n) is 17.8. The molecular formula is C22H29N5O4. The molecule has 0 atom stereocenters. The molecule has 2 aliphatic rings. The van der Waals surface area contributed by atoms with Gasteiger partial charge in [0.15, 0.2) is 5.69 Å². The fourth-order valence-corrected chi connectivity index (χ4v) is 4.36. The van der Waals surface area contributed by atoms with Crippen molar-refractivity contribution in [1.29, 1.82) is 0 Å². The second-order valence-corrected chi connectivity index (χ2v) is 8.15. The van der Waals surface area contributed by atoms with Gasteiger partial charge in [-0.15, -0.1) is 0 Å². The summed E-state index contributed by atoms with van der Waals surface area (Å²) in [7, 11) is 0. The molecule has 0 radical (unpaired) electrons. The van der Waals surface area contributed by atoms with E-state index in [9.17, 15) is 14.4 Å². The fraction of sp³-hybridized carbons (Fsp3) is 0.545. The number of aromatic amines is 1. The number of benzene rings is 1. The molecule has 2 saturated heterocycles. The van der Waals surface area contributed by atoms with Gasteiger partial charge in [0, 0.05) is 43.5 Å². The smallest absolute Gasteiger partial charge is 0.409 e. The number of carbonyl (C=O) groups excluding carboxylic acids is 3. The first-order valence-electron chi connectivity index (χ1n) is 11.0. The van der Waals surface area contributed by atoms with E-state index in [0.717, 1.165) is 23.7 Å². The van der Waals surface area contributed by atoms with E-state index in [0.29, 0.717) is 51.3 Å². The maximum atomic E-state index is 12.9. The molecule has 0 spiro atoms. The average molecular weight is 428 g/mol. The van der Waals surface area contributed by atoms with E-state index in [1.807, 2.05) is 24.3 Å². The monoisotopic (exact) mass is 427 g/mol. The highest BCUT2D eigenvalue weighted by Gasteiger charge is 2.31. The minimum Gasteiger partial charge on any atom is -0.450 e. The molecule has 9 nitrogen and oxygen atoms in total. The highest BCUT2D eigenvalue weighted by Crippen LogP contribution is 2.23. The van der Waals surface area contributed by atoms with Gasteiger partial charge in [0.25, 0.3) is 5.91 Å². The molecule has 3 heterocycles. The number of fused-ring (bicyclic) bond motifs is 1. The summed E-state index contributed by atoms with van der Waals surface area (Å²) in [5.74, 6) is -0.141. The van der Waals surface area contributed by atoms with Gasteiger partial charge in [-0.1, -0.05) is 18.2 Å². The van der Waals surface area contributed by atoms with E-state index in [1.165, 1.54) is 0 Å². The Morgan fingerprint density at radius 1 is 1.06 bits per heavy atom. The van der Waals surface area contributed by atoms with Crippen LogP contribution in [0.1, 0.15) is 43.1 Å². The highest BCUT2D eigenvalue weighted by molar-refractivity contribution is 6.04. The van der Waals surface area contributed by atoms with Gasteiger partial charge in [0.1, 0.15) is 0 Å². The van der Waals surface area contributed by atoms with Gasteiger partial charge in [0.05, 0.1) is 12.1 Å². The van der Waals surface area contributed by atoms with Gasteiger partial charge in [-0.2, -0.15) is 5.10 Å². The summed E-state index contributed by atoms with van der Waals surface area (Å²) >= 11 is 0. The Morgan fingerprint density at radius 3 is 2.45 bits per heavy atom. The number of nitrogens with one attached hydrogen (secondary N) is 2. The van der Waals surface area contributed by atoms with Crippen molar-refractivity contribution >= 4 is 28.8 Å². The van der Waals surface area contributed by atoms with Crippen LogP contribution in [0, 0.1) is 5.92 Å². The summed E-state index contributed by atoms with van der Waals surface area (Å²) in [6, 6.07) is 7.65. The van der Waals surface area contributed by atoms with Gasteiger partial charge in [0.2, 0.25) is 5.91 Å². The number of para-hydroxylation sites is 1. The first-order chi connectivity index (χ1) is 15.1. The summed E-state index contributed by atoms with van der Waals surface area (Å²) < 4.78 is 5.03. The number of nitrogens with zero attached hydrogens (tertiary/aromatic N) is 3. The number of rotatable bonds is 4. The van der Waals surface area contributed by atoms with E-state index in [1.54, 1.807) is 16.7 Å². The van der Waals surface area contributed by atoms with E-state index in [2.05, 4.69) is 15.5 Å². The van der Waals surface area contributed by atoms with E-state index >= 15 is 0 Å². The van der Waals surface area contributed by atoms with Crippen LogP contribution >= 0.6 is 0 Å². The van der Waals surface area contributed by atoms with Crippen LogP contribution in [0.4, 0.5) is 4.79 Å². The second kappa shape index (κ2) is 9.36. The molecule has 0 saturated carbocycles. The third-order valence-electron chi connectivity index (χ3n) is 6.19. The Bertz CT molecular complexity index is 942. The Balaban J connectivity index is 1.25. The third kappa shape index (κ3) is 4.65. The summed E-state index contributed by atoms with van der Waals surface area (Å²) in [6.45, 7) is 4.43. The highest BCUT2D eigenvalue weighted by atomic mass is 16.6. The molecule has 2 fully saturated rings. The summed E-state index contributed by atoms with van der Waals surface area (Å²) in [5.41, 5.74) is 1.28.